The largest absolute Gasteiger partial charge is 0.323 e. The van der Waals surface area contributed by atoms with Crippen molar-refractivity contribution in [2.75, 3.05) is 10.6 Å². The van der Waals surface area contributed by atoms with Crippen LogP contribution in [0.1, 0.15) is 11.4 Å². The molecule has 0 spiro atoms. The standard InChI is InChI=1S/C23H18ClFN4O2/c1-13-3-7-17(8-4-13)29-14(2)26-21-10-6-15(11-18(21)22(29)30)27-23(31)28-16-5-9-20(25)19(24)12-16/h3-12H,1-2H3,(H2,27,28,31). The van der Waals surface area contributed by atoms with E-state index >= 15 is 0 Å². The molecule has 2 N–H and O–H groups in total. The van der Waals surface area contributed by atoms with Gasteiger partial charge in [0.05, 0.1) is 21.6 Å². The molecule has 0 saturated heterocycles. The van der Waals surface area contributed by atoms with Gasteiger partial charge in [0.25, 0.3) is 5.56 Å². The summed E-state index contributed by atoms with van der Waals surface area (Å²) in [5.74, 6) is -0.0113. The molecule has 4 rings (SSSR count). The zero-order chi connectivity index (χ0) is 22.1. The number of carbonyl (C=O) groups excluding carboxylic acids is 1. The summed E-state index contributed by atoms with van der Waals surface area (Å²) in [6, 6.07) is 15.8. The fourth-order valence-corrected chi connectivity index (χ4v) is 3.42. The second-order valence-electron chi connectivity index (χ2n) is 7.08. The maximum atomic E-state index is 13.3. The van der Waals surface area contributed by atoms with Crippen molar-refractivity contribution in [3.05, 3.63) is 93.2 Å². The minimum absolute atomic E-state index is 0.0957. The van der Waals surface area contributed by atoms with Crippen LogP contribution in [0.3, 0.4) is 0 Å². The number of aromatic nitrogens is 2. The van der Waals surface area contributed by atoms with Gasteiger partial charge in [0, 0.05) is 11.4 Å². The van der Waals surface area contributed by atoms with E-state index in [-0.39, 0.29) is 10.6 Å². The van der Waals surface area contributed by atoms with Crippen LogP contribution >= 0.6 is 11.6 Å². The van der Waals surface area contributed by atoms with Crippen LogP contribution in [-0.4, -0.2) is 15.6 Å². The number of urea groups is 1. The minimum atomic E-state index is -0.574. The van der Waals surface area contributed by atoms with Crippen LogP contribution in [0.2, 0.25) is 5.02 Å². The number of nitrogens with one attached hydrogen (secondary N) is 2. The molecular formula is C23H18ClFN4O2. The van der Waals surface area contributed by atoms with Crippen molar-refractivity contribution in [1.29, 1.82) is 0 Å². The first-order valence-electron chi connectivity index (χ1n) is 9.45. The van der Waals surface area contributed by atoms with Crippen molar-refractivity contribution in [2.45, 2.75) is 13.8 Å². The number of halogens is 2. The van der Waals surface area contributed by atoms with Crippen molar-refractivity contribution in [3.8, 4) is 5.69 Å². The number of nitrogens with zero attached hydrogens (tertiary/aromatic N) is 2. The first kappa shape index (κ1) is 20.6. The van der Waals surface area contributed by atoms with Crippen molar-refractivity contribution in [2.24, 2.45) is 0 Å². The van der Waals surface area contributed by atoms with E-state index in [2.05, 4.69) is 15.6 Å². The molecule has 0 aliphatic carbocycles. The van der Waals surface area contributed by atoms with Crippen LogP contribution in [0.25, 0.3) is 16.6 Å². The highest BCUT2D eigenvalue weighted by Gasteiger charge is 2.12. The van der Waals surface area contributed by atoms with Crippen LogP contribution in [-0.2, 0) is 0 Å². The van der Waals surface area contributed by atoms with Crippen LogP contribution in [0.5, 0.6) is 0 Å². The normalized spacial score (nSPS) is 10.8. The Balaban J connectivity index is 1.65. The quantitative estimate of drug-likeness (QED) is 0.449. The van der Waals surface area contributed by atoms with Gasteiger partial charge in [0.15, 0.2) is 0 Å². The molecule has 0 fully saturated rings. The Morgan fingerprint density at radius 1 is 0.968 bits per heavy atom. The molecule has 2 amide bonds. The molecule has 1 aromatic heterocycles. The Kier molecular flexibility index (Phi) is 5.44. The van der Waals surface area contributed by atoms with Crippen molar-refractivity contribution < 1.29 is 9.18 Å². The molecule has 0 unspecified atom stereocenters. The summed E-state index contributed by atoms with van der Waals surface area (Å²) in [4.78, 5) is 30.0. The highest BCUT2D eigenvalue weighted by atomic mass is 35.5. The van der Waals surface area contributed by atoms with Gasteiger partial charge in [0.1, 0.15) is 11.6 Å². The van der Waals surface area contributed by atoms with Gasteiger partial charge in [-0.3, -0.25) is 9.36 Å². The molecular weight excluding hydrogens is 419 g/mol. The van der Waals surface area contributed by atoms with Gasteiger partial charge in [-0.25, -0.2) is 14.2 Å². The van der Waals surface area contributed by atoms with Crippen LogP contribution in [0.4, 0.5) is 20.6 Å². The minimum Gasteiger partial charge on any atom is -0.308 e. The third-order valence-corrected chi connectivity index (χ3v) is 5.05. The fraction of sp³-hybridized carbons (Fsp3) is 0.0870. The molecule has 1 heterocycles. The van der Waals surface area contributed by atoms with Gasteiger partial charge in [-0.2, -0.15) is 0 Å². The Bertz CT molecular complexity index is 1370. The lowest BCUT2D eigenvalue weighted by atomic mass is 10.2. The number of amides is 2. The Morgan fingerprint density at radius 2 is 1.61 bits per heavy atom. The lowest BCUT2D eigenvalue weighted by molar-refractivity contribution is 0.262. The highest BCUT2D eigenvalue weighted by molar-refractivity contribution is 6.31. The van der Waals surface area contributed by atoms with E-state index in [0.29, 0.717) is 33.8 Å². The lowest BCUT2D eigenvalue weighted by Gasteiger charge is -2.12. The van der Waals surface area contributed by atoms with E-state index < -0.39 is 11.8 Å². The maximum absolute atomic E-state index is 13.3. The molecule has 0 bridgehead atoms. The van der Waals surface area contributed by atoms with Crippen molar-refractivity contribution >= 4 is 39.9 Å². The number of aryl methyl sites for hydroxylation is 2. The highest BCUT2D eigenvalue weighted by Crippen LogP contribution is 2.21. The summed E-state index contributed by atoms with van der Waals surface area (Å²) in [6.07, 6.45) is 0. The average Bonchev–Trinajstić information content (AvgIpc) is 2.72. The number of carbonyl (C=O) groups is 1. The van der Waals surface area contributed by atoms with Gasteiger partial charge >= 0.3 is 6.03 Å². The number of anilines is 2. The number of hydrogen-bond donors (Lipinski definition) is 2. The SMILES string of the molecule is Cc1ccc(-n2c(C)nc3ccc(NC(=O)Nc4ccc(F)c(Cl)c4)cc3c2=O)cc1. The third-order valence-electron chi connectivity index (χ3n) is 4.76. The summed E-state index contributed by atoms with van der Waals surface area (Å²) in [6.45, 7) is 3.75. The number of benzene rings is 3. The molecule has 0 aliphatic heterocycles. The summed E-state index contributed by atoms with van der Waals surface area (Å²) in [5.41, 5.74) is 2.85. The molecule has 8 heteroatoms. The monoisotopic (exact) mass is 436 g/mol. The van der Waals surface area contributed by atoms with E-state index in [9.17, 15) is 14.0 Å². The molecule has 4 aromatic rings. The van der Waals surface area contributed by atoms with E-state index in [1.54, 1.807) is 25.1 Å². The molecule has 156 valence electrons. The molecule has 31 heavy (non-hydrogen) atoms. The smallest absolute Gasteiger partial charge is 0.308 e. The van der Waals surface area contributed by atoms with Crippen LogP contribution < -0.4 is 16.2 Å². The zero-order valence-corrected chi connectivity index (χ0v) is 17.5. The molecule has 0 saturated carbocycles. The maximum Gasteiger partial charge on any atom is 0.323 e. The van der Waals surface area contributed by atoms with Crippen molar-refractivity contribution in [1.82, 2.24) is 9.55 Å². The van der Waals surface area contributed by atoms with E-state index in [4.69, 9.17) is 11.6 Å². The summed E-state index contributed by atoms with van der Waals surface area (Å²) >= 11 is 5.74. The van der Waals surface area contributed by atoms with Gasteiger partial charge in [-0.15, -0.1) is 0 Å². The Labute approximate surface area is 182 Å². The zero-order valence-electron chi connectivity index (χ0n) is 16.7. The van der Waals surface area contributed by atoms with Gasteiger partial charge in [-0.05, 0) is 62.4 Å². The predicted molar refractivity (Wildman–Crippen MR) is 121 cm³/mol. The molecule has 0 aliphatic rings. The van der Waals surface area contributed by atoms with E-state index in [1.807, 2.05) is 31.2 Å². The first-order chi connectivity index (χ1) is 14.8. The molecule has 0 radical (unpaired) electrons. The Morgan fingerprint density at radius 3 is 2.29 bits per heavy atom. The number of rotatable bonds is 3. The molecule has 0 atom stereocenters. The van der Waals surface area contributed by atoms with Gasteiger partial charge in [0.2, 0.25) is 0 Å². The summed E-state index contributed by atoms with van der Waals surface area (Å²) < 4.78 is 14.8. The number of fused-ring (bicyclic) bond motifs is 1. The predicted octanol–water partition coefficient (Wildman–Crippen LogP) is 5.44. The van der Waals surface area contributed by atoms with Crippen LogP contribution in [0.15, 0.2) is 65.5 Å². The molecule has 6 nitrogen and oxygen atoms in total. The van der Waals surface area contributed by atoms with Crippen LogP contribution in [0, 0.1) is 19.7 Å². The second-order valence-corrected chi connectivity index (χ2v) is 7.48. The summed E-state index contributed by atoms with van der Waals surface area (Å²) in [7, 11) is 0. The van der Waals surface area contributed by atoms with Gasteiger partial charge < -0.3 is 10.6 Å². The Hall–Kier alpha value is -3.71. The number of hydrogen-bond acceptors (Lipinski definition) is 3. The third kappa shape index (κ3) is 4.27. The van der Waals surface area contributed by atoms with E-state index in [0.717, 1.165) is 11.6 Å². The fourth-order valence-electron chi connectivity index (χ4n) is 3.24. The van der Waals surface area contributed by atoms with Crippen molar-refractivity contribution in [3.63, 3.8) is 0 Å². The van der Waals surface area contributed by atoms with Gasteiger partial charge in [-0.1, -0.05) is 29.3 Å². The topological polar surface area (TPSA) is 76.0 Å². The second kappa shape index (κ2) is 8.20. The lowest BCUT2D eigenvalue weighted by Crippen LogP contribution is -2.23. The average molecular weight is 437 g/mol. The van der Waals surface area contributed by atoms with E-state index in [1.165, 1.54) is 16.7 Å². The molecule has 3 aromatic carbocycles. The first-order valence-corrected chi connectivity index (χ1v) is 9.83. The summed E-state index contributed by atoms with van der Waals surface area (Å²) in [5, 5.41) is 5.51.